The molecule has 1 aromatic heterocycles. The van der Waals surface area contributed by atoms with Crippen molar-refractivity contribution in [3.63, 3.8) is 0 Å². The first-order chi connectivity index (χ1) is 20.5. The van der Waals surface area contributed by atoms with Crippen LogP contribution in [0.25, 0.3) is 10.9 Å². The van der Waals surface area contributed by atoms with Gasteiger partial charge in [-0.15, -0.1) is 0 Å². The van der Waals surface area contributed by atoms with Gasteiger partial charge in [0.2, 0.25) is 10.0 Å². The Morgan fingerprint density at radius 2 is 1.63 bits per heavy atom. The Hall–Kier alpha value is -4.56. The van der Waals surface area contributed by atoms with Crippen LogP contribution in [0.3, 0.4) is 0 Å². The number of alkyl halides is 3. The Morgan fingerprint density at radius 1 is 0.907 bits per heavy atom. The minimum atomic E-state index is -4.48. The van der Waals surface area contributed by atoms with Gasteiger partial charge in [0.15, 0.2) is 11.5 Å². The second-order valence-corrected chi connectivity index (χ2v) is 11.5. The monoisotopic (exact) mass is 615 g/mol. The largest absolute Gasteiger partial charge is 0.493 e. The number of carbonyl (C=O) groups is 1. The number of nitrogens with one attached hydrogen (secondary N) is 2. The number of para-hydroxylation sites is 1. The van der Waals surface area contributed by atoms with Gasteiger partial charge in [0.25, 0.3) is 0 Å². The highest BCUT2D eigenvalue weighted by Gasteiger charge is 2.32. The van der Waals surface area contributed by atoms with E-state index >= 15 is 0 Å². The predicted molar refractivity (Wildman–Crippen MR) is 155 cm³/mol. The van der Waals surface area contributed by atoms with Crippen molar-refractivity contribution in [1.82, 2.24) is 14.2 Å². The molecule has 43 heavy (non-hydrogen) atoms. The highest BCUT2D eigenvalue weighted by molar-refractivity contribution is 7.89. The topological polar surface area (TPSA) is 113 Å². The number of pyridine rings is 1. The molecule has 0 unspecified atom stereocenters. The van der Waals surface area contributed by atoms with Crippen LogP contribution in [0.1, 0.15) is 5.56 Å². The molecule has 1 saturated heterocycles. The van der Waals surface area contributed by atoms with Crippen LogP contribution in [0.5, 0.6) is 11.5 Å². The molecule has 1 fully saturated rings. The van der Waals surface area contributed by atoms with E-state index in [0.717, 1.165) is 12.1 Å². The molecule has 3 aromatic carbocycles. The molecule has 2 heterocycles. The van der Waals surface area contributed by atoms with Gasteiger partial charge in [0, 0.05) is 49.1 Å². The third-order valence-corrected chi connectivity index (χ3v) is 8.92. The average Bonchev–Trinajstić information content (AvgIpc) is 3.00. The molecule has 1 aliphatic rings. The fourth-order valence-electron chi connectivity index (χ4n) is 4.76. The van der Waals surface area contributed by atoms with Crippen molar-refractivity contribution in [3.05, 3.63) is 78.5 Å². The zero-order valence-electron chi connectivity index (χ0n) is 23.2. The number of sulfonamides is 1. The molecule has 0 bridgehead atoms. The van der Waals surface area contributed by atoms with E-state index in [2.05, 4.69) is 15.6 Å². The van der Waals surface area contributed by atoms with Crippen molar-refractivity contribution >= 4 is 44.0 Å². The van der Waals surface area contributed by atoms with Crippen molar-refractivity contribution in [2.24, 2.45) is 0 Å². The normalized spacial score (nSPS) is 14.4. The van der Waals surface area contributed by atoms with Crippen LogP contribution in [0, 0.1) is 0 Å². The number of nitrogens with zero attached hydrogens (tertiary/aromatic N) is 3. The van der Waals surface area contributed by atoms with Gasteiger partial charge in [-0.3, -0.25) is 4.98 Å². The van der Waals surface area contributed by atoms with Gasteiger partial charge in [-0.05, 0) is 54.6 Å². The maximum Gasteiger partial charge on any atom is 0.416 e. The molecular formula is C29H28F3N5O5S. The highest BCUT2D eigenvalue weighted by Crippen LogP contribution is 2.35. The molecular weight excluding hydrogens is 587 g/mol. The van der Waals surface area contributed by atoms with E-state index in [1.807, 2.05) is 0 Å². The number of methoxy groups -OCH3 is 2. The molecule has 2 amide bonds. The Bertz CT molecular complexity index is 1740. The number of rotatable bonds is 7. The SMILES string of the molecule is COc1cccc(NC(=O)N2CCN(S(=O)(=O)c3ccc(Nc4ccnc5cc(C(F)(F)F)ccc45)cc3)CC2)c1OC. The zero-order valence-corrected chi connectivity index (χ0v) is 24.0. The number of benzene rings is 3. The molecule has 0 radical (unpaired) electrons. The van der Waals surface area contributed by atoms with E-state index in [1.54, 1.807) is 36.4 Å². The summed E-state index contributed by atoms with van der Waals surface area (Å²) in [6.45, 7) is 0.576. The molecule has 14 heteroatoms. The number of amides is 2. The lowest BCUT2D eigenvalue weighted by Crippen LogP contribution is -2.51. The van der Waals surface area contributed by atoms with Gasteiger partial charge in [-0.1, -0.05) is 12.1 Å². The fraction of sp³-hybridized carbons (Fsp3) is 0.241. The fourth-order valence-corrected chi connectivity index (χ4v) is 6.18. The third kappa shape index (κ3) is 6.29. The number of aromatic nitrogens is 1. The van der Waals surface area contributed by atoms with Crippen LogP contribution < -0.4 is 20.1 Å². The summed E-state index contributed by atoms with van der Waals surface area (Å²) in [5.74, 6) is 0.844. The quantitative estimate of drug-likeness (QED) is 0.280. The summed E-state index contributed by atoms with van der Waals surface area (Å²) < 4.78 is 77.9. The van der Waals surface area contributed by atoms with Crippen LogP contribution >= 0.6 is 0 Å². The number of ether oxygens (including phenoxy) is 2. The summed E-state index contributed by atoms with van der Waals surface area (Å²) in [7, 11) is -0.875. The van der Waals surface area contributed by atoms with E-state index in [-0.39, 0.29) is 36.6 Å². The zero-order chi connectivity index (χ0) is 30.8. The number of hydrogen-bond acceptors (Lipinski definition) is 7. The highest BCUT2D eigenvalue weighted by atomic mass is 32.2. The number of urea groups is 1. The molecule has 0 atom stereocenters. The van der Waals surface area contributed by atoms with Crippen molar-refractivity contribution in [2.75, 3.05) is 51.0 Å². The minimum absolute atomic E-state index is 0.0754. The Kier molecular flexibility index (Phi) is 8.33. The Morgan fingerprint density at radius 3 is 2.28 bits per heavy atom. The molecule has 5 rings (SSSR count). The van der Waals surface area contributed by atoms with Crippen LogP contribution in [0.15, 0.2) is 77.8 Å². The van der Waals surface area contributed by atoms with E-state index in [1.165, 1.54) is 47.8 Å². The number of halogens is 3. The molecule has 0 aliphatic carbocycles. The van der Waals surface area contributed by atoms with Gasteiger partial charge in [-0.25, -0.2) is 13.2 Å². The van der Waals surface area contributed by atoms with Gasteiger partial charge in [0.1, 0.15) is 0 Å². The number of piperazine rings is 1. The molecule has 2 N–H and O–H groups in total. The number of fused-ring (bicyclic) bond motifs is 1. The van der Waals surface area contributed by atoms with Crippen LogP contribution in [0.2, 0.25) is 0 Å². The minimum Gasteiger partial charge on any atom is -0.493 e. The van der Waals surface area contributed by atoms with E-state index < -0.39 is 27.8 Å². The summed E-state index contributed by atoms with van der Waals surface area (Å²) in [6, 6.07) is 15.7. The maximum absolute atomic E-state index is 13.3. The van der Waals surface area contributed by atoms with E-state index in [4.69, 9.17) is 9.47 Å². The van der Waals surface area contributed by atoms with Crippen molar-refractivity contribution in [2.45, 2.75) is 11.1 Å². The van der Waals surface area contributed by atoms with E-state index in [0.29, 0.717) is 33.9 Å². The lowest BCUT2D eigenvalue weighted by atomic mass is 10.1. The molecule has 226 valence electrons. The van der Waals surface area contributed by atoms with Gasteiger partial charge in [-0.2, -0.15) is 17.5 Å². The first kappa shape index (κ1) is 29.9. The lowest BCUT2D eigenvalue weighted by molar-refractivity contribution is -0.137. The summed E-state index contributed by atoms with van der Waals surface area (Å²) in [6.07, 6.45) is -3.08. The van der Waals surface area contributed by atoms with E-state index in [9.17, 15) is 26.4 Å². The van der Waals surface area contributed by atoms with Gasteiger partial charge >= 0.3 is 12.2 Å². The lowest BCUT2D eigenvalue weighted by Gasteiger charge is -2.34. The standard InChI is InChI=1S/C29H28F3N5O5S/c1-41-26-5-3-4-24(27(26)42-2)35-28(38)36-14-16-37(17-15-36)43(39,40)21-9-7-20(8-10-21)34-23-12-13-33-25-18-19(29(30,31)32)6-11-22(23)25/h3-13,18H,14-17H2,1-2H3,(H,33,34)(H,35,38). The summed E-state index contributed by atoms with van der Waals surface area (Å²) in [5.41, 5.74) is 0.879. The molecule has 4 aromatic rings. The smallest absolute Gasteiger partial charge is 0.416 e. The second kappa shape index (κ2) is 12.0. The molecule has 0 spiro atoms. The predicted octanol–water partition coefficient (Wildman–Crippen LogP) is 5.55. The number of carbonyl (C=O) groups excluding carboxylic acids is 1. The third-order valence-electron chi connectivity index (χ3n) is 7.01. The van der Waals surface area contributed by atoms with Crippen molar-refractivity contribution in [1.29, 1.82) is 0 Å². The second-order valence-electron chi connectivity index (χ2n) is 9.60. The summed E-state index contributed by atoms with van der Waals surface area (Å²) in [5, 5.41) is 6.40. The van der Waals surface area contributed by atoms with Crippen molar-refractivity contribution < 1.29 is 35.9 Å². The molecule has 10 nitrogen and oxygen atoms in total. The van der Waals surface area contributed by atoms with Crippen molar-refractivity contribution in [3.8, 4) is 11.5 Å². The Labute approximate surface area is 246 Å². The van der Waals surface area contributed by atoms with Gasteiger partial charge < -0.3 is 25.0 Å². The Balaban J connectivity index is 1.23. The maximum atomic E-state index is 13.3. The summed E-state index contributed by atoms with van der Waals surface area (Å²) >= 11 is 0. The molecule has 0 saturated carbocycles. The van der Waals surface area contributed by atoms with Crippen LogP contribution in [-0.2, 0) is 16.2 Å². The van der Waals surface area contributed by atoms with Crippen LogP contribution in [0.4, 0.5) is 35.0 Å². The van der Waals surface area contributed by atoms with Gasteiger partial charge in [0.05, 0.1) is 35.9 Å². The average molecular weight is 616 g/mol. The summed E-state index contributed by atoms with van der Waals surface area (Å²) in [4.78, 5) is 18.5. The first-order valence-electron chi connectivity index (χ1n) is 13.1. The molecule has 1 aliphatic heterocycles. The van der Waals surface area contributed by atoms with Crippen LogP contribution in [-0.4, -0.2) is 69.0 Å². The first-order valence-corrected chi connectivity index (χ1v) is 14.6. The number of anilines is 3. The number of hydrogen-bond donors (Lipinski definition) is 2.